The van der Waals surface area contributed by atoms with Crippen molar-refractivity contribution in [3.63, 3.8) is 0 Å². The number of imidazole rings is 1. The molecule has 0 bridgehead atoms. The van der Waals surface area contributed by atoms with Crippen LogP contribution < -0.4 is 31.9 Å². The molecule has 3 heterocycles. The average Bonchev–Trinajstić information content (AvgIpc) is 3.34. The molecule has 0 aliphatic carbocycles. The lowest BCUT2D eigenvalue weighted by Gasteiger charge is -2.41. The predicted molar refractivity (Wildman–Crippen MR) is 146 cm³/mol. The quantitative estimate of drug-likeness (QED) is 0.216. The van der Waals surface area contributed by atoms with Crippen LogP contribution in [-0.2, 0) is 4.79 Å². The fourth-order valence-corrected chi connectivity index (χ4v) is 4.76. The lowest BCUT2D eigenvalue weighted by Crippen LogP contribution is -2.62. The lowest BCUT2D eigenvalue weighted by molar-refractivity contribution is -0.119. The monoisotopic (exact) mass is 566 g/mol. The minimum Gasteiger partial charge on any atom is -0.465 e. The number of carbonyl (C=O) groups is 2. The van der Waals surface area contributed by atoms with Gasteiger partial charge in [-0.1, -0.05) is 11.6 Å². The molecule has 7 N–H and O–H groups in total. The molecule has 1 aliphatic rings. The number of nitrogens with zero attached hydrogens (tertiary/aromatic N) is 7. The third-order valence-corrected chi connectivity index (χ3v) is 6.80. The molecule has 1 saturated heterocycles. The van der Waals surface area contributed by atoms with Crippen LogP contribution in [-0.4, -0.2) is 74.4 Å². The fraction of sp³-hybridized carbons (Fsp3) is 0.375. The van der Waals surface area contributed by atoms with Gasteiger partial charge in [0, 0.05) is 25.7 Å². The Kier molecular flexibility index (Phi) is 8.37. The molecule has 1 aromatic carbocycles. The topological polar surface area (TPSA) is 222 Å². The second kappa shape index (κ2) is 11.9. The van der Waals surface area contributed by atoms with Gasteiger partial charge in [0.05, 0.1) is 46.3 Å². The molecule has 3 atom stereocenters. The number of fused-ring (bicyclic) bond motifs is 1. The number of hydrogen-bond donors (Lipinski definition) is 6. The van der Waals surface area contributed by atoms with Gasteiger partial charge in [0.15, 0.2) is 17.2 Å². The SMILES string of the molecule is CCNc1nc(Nc2cc(C#N)cc(N3CC[C@@H](NC(=O)O)[C@H](N[C@@H](C)C(N)=O)C3)c2Cl)nn2c(C#N)cnc12. The number of carbonyl (C=O) groups excluding carboxylic acids is 1. The van der Waals surface area contributed by atoms with Gasteiger partial charge in [-0.05, 0) is 32.4 Å². The summed E-state index contributed by atoms with van der Waals surface area (Å²) in [5, 5.41) is 44.9. The molecule has 1 fully saturated rings. The number of piperidine rings is 1. The third-order valence-electron chi connectivity index (χ3n) is 6.40. The molecule has 2 aromatic heterocycles. The third kappa shape index (κ3) is 5.90. The number of halogens is 1. The van der Waals surface area contributed by atoms with Crippen LogP contribution in [0.15, 0.2) is 18.3 Å². The van der Waals surface area contributed by atoms with E-state index in [1.807, 2.05) is 17.9 Å². The first kappa shape index (κ1) is 28.2. The molecule has 2 amide bonds. The zero-order valence-electron chi connectivity index (χ0n) is 21.6. The van der Waals surface area contributed by atoms with Crippen LogP contribution in [0.1, 0.15) is 31.5 Å². The van der Waals surface area contributed by atoms with Crippen molar-refractivity contribution in [2.45, 2.75) is 38.4 Å². The number of hydrogen-bond acceptors (Lipinski definition) is 11. The van der Waals surface area contributed by atoms with E-state index >= 15 is 0 Å². The van der Waals surface area contributed by atoms with E-state index in [-0.39, 0.29) is 23.2 Å². The molecule has 16 heteroatoms. The second-order valence-electron chi connectivity index (χ2n) is 9.09. The Morgan fingerprint density at radius 1 is 1.30 bits per heavy atom. The standard InChI is InChI=1S/C24H27ClN12O3/c1-3-29-21-22-30-10-14(9-27)37(22)35-23(34-21)32-16-6-13(8-26)7-18(19(16)25)36-5-4-15(33-24(39)40)17(11-36)31-12(2)20(28)38/h6-7,10,12,15,17,31,33H,3-5,11H2,1-2H3,(H2,28,38)(H,39,40)(H2,29,32,34,35)/t12-,15+,17+/m0/s1. The fourth-order valence-electron chi connectivity index (χ4n) is 4.49. The summed E-state index contributed by atoms with van der Waals surface area (Å²) in [4.78, 5) is 33.6. The highest BCUT2D eigenvalue weighted by Gasteiger charge is 2.33. The van der Waals surface area contributed by atoms with Crippen LogP contribution in [0.5, 0.6) is 0 Å². The van der Waals surface area contributed by atoms with Crippen LogP contribution in [0.2, 0.25) is 5.02 Å². The summed E-state index contributed by atoms with van der Waals surface area (Å²) < 4.78 is 1.35. The van der Waals surface area contributed by atoms with Crippen LogP contribution in [0.3, 0.4) is 0 Å². The Balaban J connectivity index is 1.69. The van der Waals surface area contributed by atoms with Gasteiger partial charge in [-0.25, -0.2) is 9.78 Å². The molecule has 208 valence electrons. The maximum Gasteiger partial charge on any atom is 0.404 e. The first-order chi connectivity index (χ1) is 19.1. The smallest absolute Gasteiger partial charge is 0.404 e. The number of primary amides is 1. The highest BCUT2D eigenvalue weighted by Crippen LogP contribution is 2.37. The van der Waals surface area contributed by atoms with Gasteiger partial charge in [-0.15, -0.1) is 5.10 Å². The predicted octanol–water partition coefficient (Wildman–Crippen LogP) is 1.37. The number of benzene rings is 1. The van der Waals surface area contributed by atoms with Crippen molar-refractivity contribution in [2.24, 2.45) is 5.73 Å². The summed E-state index contributed by atoms with van der Waals surface area (Å²) in [5.74, 6) is -0.0617. The number of aromatic nitrogens is 4. The van der Waals surface area contributed by atoms with Crippen molar-refractivity contribution in [3.05, 3.63) is 34.6 Å². The molecular weight excluding hydrogens is 540 g/mol. The maximum absolute atomic E-state index is 11.7. The number of nitriles is 2. The van der Waals surface area contributed by atoms with E-state index in [0.29, 0.717) is 47.9 Å². The number of rotatable bonds is 9. The summed E-state index contributed by atoms with van der Waals surface area (Å²) in [6.07, 6.45) is 0.608. The van der Waals surface area contributed by atoms with Crippen molar-refractivity contribution in [1.82, 2.24) is 30.2 Å². The Morgan fingerprint density at radius 2 is 2.08 bits per heavy atom. The molecule has 15 nitrogen and oxygen atoms in total. The molecule has 40 heavy (non-hydrogen) atoms. The molecule has 0 spiro atoms. The second-order valence-corrected chi connectivity index (χ2v) is 9.46. The van der Waals surface area contributed by atoms with Crippen molar-refractivity contribution in [3.8, 4) is 12.1 Å². The Labute approximate surface area is 233 Å². The first-order valence-electron chi connectivity index (χ1n) is 12.3. The van der Waals surface area contributed by atoms with Crippen LogP contribution >= 0.6 is 11.6 Å². The number of nitrogens with one attached hydrogen (secondary N) is 4. The number of amides is 2. The summed E-state index contributed by atoms with van der Waals surface area (Å²) in [5.41, 5.74) is 7.17. The van der Waals surface area contributed by atoms with Gasteiger partial charge in [0.25, 0.3) is 0 Å². The van der Waals surface area contributed by atoms with Gasteiger partial charge in [0.2, 0.25) is 11.9 Å². The van der Waals surface area contributed by atoms with Crippen LogP contribution in [0.4, 0.5) is 27.9 Å². The summed E-state index contributed by atoms with van der Waals surface area (Å²) in [6.45, 7) is 4.72. The normalized spacial score (nSPS) is 17.5. The van der Waals surface area contributed by atoms with E-state index in [4.69, 9.17) is 17.3 Å². The van der Waals surface area contributed by atoms with Gasteiger partial charge in [-0.2, -0.15) is 20.0 Å². The van der Waals surface area contributed by atoms with Gasteiger partial charge < -0.3 is 31.7 Å². The Bertz CT molecular complexity index is 1530. The van der Waals surface area contributed by atoms with E-state index in [9.17, 15) is 25.2 Å². The number of nitrogens with two attached hydrogens (primary N) is 1. The Hall–Kier alpha value is -4.86. The summed E-state index contributed by atoms with van der Waals surface area (Å²) in [7, 11) is 0. The lowest BCUT2D eigenvalue weighted by atomic mass is 9.97. The molecule has 0 saturated carbocycles. The van der Waals surface area contributed by atoms with E-state index in [0.717, 1.165) is 0 Å². The first-order valence-corrected chi connectivity index (χ1v) is 12.7. The van der Waals surface area contributed by atoms with E-state index < -0.39 is 30.1 Å². The van der Waals surface area contributed by atoms with E-state index in [1.54, 1.807) is 19.1 Å². The maximum atomic E-state index is 11.7. The van der Waals surface area contributed by atoms with E-state index in [1.165, 1.54) is 10.7 Å². The largest absolute Gasteiger partial charge is 0.465 e. The highest BCUT2D eigenvalue weighted by molar-refractivity contribution is 6.36. The summed E-state index contributed by atoms with van der Waals surface area (Å²) >= 11 is 6.84. The highest BCUT2D eigenvalue weighted by atomic mass is 35.5. The average molecular weight is 567 g/mol. The molecule has 3 aromatic rings. The van der Waals surface area contributed by atoms with Crippen molar-refractivity contribution in [1.29, 1.82) is 10.5 Å². The van der Waals surface area contributed by atoms with Crippen molar-refractivity contribution < 1.29 is 14.7 Å². The Morgan fingerprint density at radius 3 is 2.73 bits per heavy atom. The van der Waals surface area contributed by atoms with Gasteiger partial charge in [0.1, 0.15) is 6.07 Å². The molecule has 0 unspecified atom stereocenters. The zero-order valence-corrected chi connectivity index (χ0v) is 22.4. The number of anilines is 4. The van der Waals surface area contributed by atoms with Crippen molar-refractivity contribution in [2.75, 3.05) is 35.2 Å². The molecule has 1 aliphatic heterocycles. The molecule has 4 rings (SSSR count). The molecule has 0 radical (unpaired) electrons. The molecular formula is C24H27ClN12O3. The van der Waals surface area contributed by atoms with Gasteiger partial charge in [-0.3, -0.25) is 10.1 Å². The minimum absolute atomic E-state index is 0.111. The van der Waals surface area contributed by atoms with E-state index in [2.05, 4.69) is 42.4 Å². The van der Waals surface area contributed by atoms with Crippen LogP contribution in [0, 0.1) is 22.7 Å². The minimum atomic E-state index is -1.18. The summed E-state index contributed by atoms with van der Waals surface area (Å²) in [6, 6.07) is 5.66. The van der Waals surface area contributed by atoms with Crippen molar-refractivity contribution >= 4 is 52.4 Å². The zero-order chi connectivity index (χ0) is 29.0. The number of carboxylic acid groups (broad SMARTS) is 1. The van der Waals surface area contributed by atoms with Gasteiger partial charge >= 0.3 is 6.09 Å². The van der Waals surface area contributed by atoms with Crippen LogP contribution in [0.25, 0.3) is 5.65 Å².